The lowest BCUT2D eigenvalue weighted by Gasteiger charge is -2.21. The second-order valence-electron chi connectivity index (χ2n) is 17.8. The lowest BCUT2D eigenvalue weighted by atomic mass is 9.84. The van der Waals surface area contributed by atoms with Crippen molar-refractivity contribution in [1.82, 2.24) is 0 Å². The first kappa shape index (κ1) is 58.8. The van der Waals surface area contributed by atoms with E-state index in [9.17, 15) is 24.6 Å². The summed E-state index contributed by atoms with van der Waals surface area (Å²) >= 11 is 0. The maximum absolute atomic E-state index is 11.4. The van der Waals surface area contributed by atoms with E-state index in [0.717, 1.165) is 41.5 Å². The Kier molecular flexibility index (Phi) is 23.7. The molecule has 7 aromatic rings. The highest BCUT2D eigenvalue weighted by Gasteiger charge is 2.32. The molecule has 0 bridgehead atoms. The van der Waals surface area contributed by atoms with E-state index in [1.54, 1.807) is 6.92 Å². The van der Waals surface area contributed by atoms with Crippen molar-refractivity contribution in [2.24, 2.45) is 11.1 Å². The molecule has 11 heteroatoms. The molecule has 0 aliphatic heterocycles. The van der Waals surface area contributed by atoms with Gasteiger partial charge < -0.3 is 36.7 Å². The minimum absolute atomic E-state index is 0. The van der Waals surface area contributed by atoms with Gasteiger partial charge in [0.2, 0.25) is 0 Å². The van der Waals surface area contributed by atoms with Crippen molar-refractivity contribution in [1.29, 1.82) is 0 Å². The molecule has 0 aliphatic carbocycles. The Morgan fingerprint density at radius 3 is 1.39 bits per heavy atom. The van der Waals surface area contributed by atoms with Gasteiger partial charge in [-0.2, -0.15) is 0 Å². The molecule has 373 valence electrons. The van der Waals surface area contributed by atoms with Gasteiger partial charge in [0, 0.05) is 5.56 Å². The largest absolute Gasteiger partial charge is 0.481 e. The molecule has 0 fully saturated rings. The first-order chi connectivity index (χ1) is 34.0. The van der Waals surface area contributed by atoms with Gasteiger partial charge in [-0.25, -0.2) is 0 Å². The van der Waals surface area contributed by atoms with Gasteiger partial charge in [0.05, 0.1) is 18.6 Å². The molecule has 0 spiro atoms. The quantitative estimate of drug-likeness (QED) is 0.0328. The van der Waals surface area contributed by atoms with Crippen LogP contribution in [0.2, 0.25) is 0 Å². The van der Waals surface area contributed by atoms with Crippen LogP contribution in [-0.4, -0.2) is 75.4 Å². The number of aliphatic hydroxyl groups excluding tert-OH is 2. The Morgan fingerprint density at radius 2 is 1.00 bits per heavy atom. The summed E-state index contributed by atoms with van der Waals surface area (Å²) in [6, 6.07) is 54.8. The van der Waals surface area contributed by atoms with Crippen molar-refractivity contribution in [2.75, 3.05) is 13.2 Å². The maximum Gasteiger partial charge on any atom is 0.326 e. The molecule has 0 amide bonds. The van der Waals surface area contributed by atoms with Gasteiger partial charge >= 0.3 is 19.4 Å². The third-order valence-corrected chi connectivity index (χ3v) is 12.2. The number of aliphatic hydroxyl groups is 2. The van der Waals surface area contributed by atoms with Crippen LogP contribution in [0.3, 0.4) is 0 Å². The molecule has 7 rings (SSSR count). The molecule has 0 saturated heterocycles. The molecule has 1 radical (unpaired) electrons. The third-order valence-electron chi connectivity index (χ3n) is 12.2. The second-order valence-corrected chi connectivity index (χ2v) is 17.8. The van der Waals surface area contributed by atoms with Crippen molar-refractivity contribution in [3.63, 3.8) is 0 Å². The summed E-state index contributed by atoms with van der Waals surface area (Å²) in [5, 5.41) is 43.7. The molecule has 2 unspecified atom stereocenters. The topological polar surface area (TPSA) is 210 Å². The Bertz CT molecular complexity index is 2880. The Morgan fingerprint density at radius 1 is 0.556 bits per heavy atom. The molecule has 7 aromatic carbocycles. The fourth-order valence-corrected chi connectivity index (χ4v) is 7.11. The number of nitrogens with two attached hydrogens (primary N) is 1. The van der Waals surface area contributed by atoms with Crippen LogP contribution in [0, 0.1) is 33.1 Å². The van der Waals surface area contributed by atoms with Gasteiger partial charge in [-0.1, -0.05) is 187 Å². The summed E-state index contributed by atoms with van der Waals surface area (Å²) in [5.74, 6) is -2.16. The number of aryl methyl sites for hydroxylation is 3. The number of carbonyl (C=O) groups excluding carboxylic acids is 1. The first-order valence-electron chi connectivity index (χ1n) is 23.3. The highest BCUT2D eigenvalue weighted by atomic mass is 16.4. The van der Waals surface area contributed by atoms with Crippen molar-refractivity contribution < 1.29 is 45.3 Å². The predicted molar refractivity (Wildman–Crippen MR) is 295 cm³/mol. The minimum atomic E-state index is -1.49. The van der Waals surface area contributed by atoms with Crippen LogP contribution in [0.25, 0.3) is 46.6 Å². The third kappa shape index (κ3) is 17.4. The zero-order valence-corrected chi connectivity index (χ0v) is 41.9. The average Bonchev–Trinajstić information content (AvgIpc) is 3.39. The number of aldehydes is 1. The Labute approximate surface area is 425 Å². The van der Waals surface area contributed by atoms with Crippen molar-refractivity contribution in [3.05, 3.63) is 219 Å². The second kappa shape index (κ2) is 29.0. The normalized spacial score (nSPS) is 12.2. The van der Waals surface area contributed by atoms with Crippen LogP contribution in [0.1, 0.15) is 80.7 Å². The number of rotatable bonds is 15. The molecular weight excluding hydrogens is 901 g/mol. The number of benzene rings is 7. The summed E-state index contributed by atoms with van der Waals surface area (Å²) in [5.41, 5.74) is 19.3. The summed E-state index contributed by atoms with van der Waals surface area (Å²) in [7, 11) is 1.08. The van der Waals surface area contributed by atoms with E-state index in [1.165, 1.54) is 57.0 Å². The molecular formula is C61H67BNO9. The van der Waals surface area contributed by atoms with Gasteiger partial charge in [0.1, 0.15) is 11.8 Å². The summed E-state index contributed by atoms with van der Waals surface area (Å²) in [4.78, 5) is 32.4. The molecule has 0 saturated carbocycles. The molecule has 9 N–H and O–H groups in total. The van der Waals surface area contributed by atoms with Crippen molar-refractivity contribution in [3.8, 4) is 22.3 Å². The standard InChI is InChI=1S/C28H30O3.C23H20O.C6H6BO.C4H9NO3.H2O/c1-20-12-13-22(16-17-28(3,19-29)27(30)31)18-25(20)15-14-23-10-7-11-26(21(23)2)24-8-5-4-6-9-24;1-17-11-12-19(16-24)15-22(17)14-13-20-9-6-10-23(18(20)2)21-7-4-3-5-8-21;8-7-6-4-2-1-3-5-6;1-4(5,2-6)3(7)8;/h4-15,18,29H,16-17,19H2,1-3H3,(H,30,31);3-16H,1-2H3;1-5,8H;6H,2,5H2,1H3,(H,7,8);1H2/b15-14+;14-13+;;;. The molecule has 10 nitrogen and oxygen atoms in total. The number of carboxylic acids is 2. The van der Waals surface area contributed by atoms with E-state index in [2.05, 4.69) is 149 Å². The predicted octanol–water partition coefficient (Wildman–Crippen LogP) is 9.99. The van der Waals surface area contributed by atoms with Crippen molar-refractivity contribution in [2.45, 2.75) is 59.9 Å². The smallest absolute Gasteiger partial charge is 0.326 e. The van der Waals surface area contributed by atoms with Gasteiger partial charge in [-0.15, -0.1) is 0 Å². The fraction of sp³-hybridized carbons (Fsp3) is 0.197. The van der Waals surface area contributed by atoms with Crippen LogP contribution in [0.5, 0.6) is 0 Å². The van der Waals surface area contributed by atoms with Gasteiger partial charge in [-0.05, 0) is 133 Å². The highest BCUT2D eigenvalue weighted by molar-refractivity contribution is 6.45. The Hall–Kier alpha value is -7.51. The monoisotopic (exact) mass is 968 g/mol. The molecule has 0 heterocycles. The molecule has 0 aliphatic rings. The summed E-state index contributed by atoms with van der Waals surface area (Å²) < 4.78 is 0. The zero-order chi connectivity index (χ0) is 52.0. The summed E-state index contributed by atoms with van der Waals surface area (Å²) in [6.07, 6.45) is 10.4. The van der Waals surface area contributed by atoms with E-state index >= 15 is 0 Å². The van der Waals surface area contributed by atoms with E-state index < -0.39 is 29.5 Å². The molecule has 0 aromatic heterocycles. The van der Waals surface area contributed by atoms with Crippen LogP contribution in [-0.2, 0) is 16.0 Å². The number of hydrogen-bond acceptors (Lipinski definition) is 7. The zero-order valence-electron chi connectivity index (χ0n) is 41.9. The fourth-order valence-electron chi connectivity index (χ4n) is 7.11. The SMILES string of the molecule is CC(N)(CO)C(=O)O.Cc1ccc(C=O)cc1/C=C/c1cccc(-c2ccccc2)c1C.Cc1ccc(CCC(C)(CO)C(=O)O)cc1/C=C/c1cccc(-c2ccccc2)c1C.O.O[B]c1ccccc1. The van der Waals surface area contributed by atoms with Crippen LogP contribution in [0.4, 0.5) is 0 Å². The lowest BCUT2D eigenvalue weighted by molar-refractivity contribution is -0.150. The maximum atomic E-state index is 11.4. The lowest BCUT2D eigenvalue weighted by Crippen LogP contribution is -2.48. The highest BCUT2D eigenvalue weighted by Crippen LogP contribution is 2.29. The molecule has 2 atom stereocenters. The van der Waals surface area contributed by atoms with Gasteiger partial charge in [-0.3, -0.25) is 14.4 Å². The first-order valence-corrected chi connectivity index (χ1v) is 23.3. The Balaban J connectivity index is 0.000000292. The van der Waals surface area contributed by atoms with Crippen molar-refractivity contribution >= 4 is 55.5 Å². The molecule has 72 heavy (non-hydrogen) atoms. The van der Waals surface area contributed by atoms with Crippen LogP contribution < -0.4 is 11.2 Å². The number of aliphatic carboxylic acids is 2. The average molecular weight is 969 g/mol. The van der Waals surface area contributed by atoms with Crippen LogP contribution in [0.15, 0.2) is 164 Å². The summed E-state index contributed by atoms with van der Waals surface area (Å²) in [6.45, 7) is 10.4. The van der Waals surface area contributed by atoms with E-state index in [-0.39, 0.29) is 12.1 Å². The number of hydrogen-bond donors (Lipinski definition) is 6. The number of carbonyl (C=O) groups is 3. The van der Waals surface area contributed by atoms with Gasteiger partial charge in [0.15, 0.2) is 0 Å². The van der Waals surface area contributed by atoms with E-state index in [0.29, 0.717) is 18.4 Å². The van der Waals surface area contributed by atoms with Crippen LogP contribution >= 0.6 is 0 Å². The minimum Gasteiger partial charge on any atom is -0.481 e. The van der Waals surface area contributed by atoms with E-state index in [1.807, 2.05) is 66.7 Å². The number of carboxylic acid groups (broad SMARTS) is 2. The van der Waals surface area contributed by atoms with E-state index in [4.69, 9.17) is 21.0 Å². The van der Waals surface area contributed by atoms with Gasteiger partial charge in [0.25, 0.3) is 0 Å².